The highest BCUT2D eigenvalue weighted by molar-refractivity contribution is 7.92. The fourth-order valence-electron chi connectivity index (χ4n) is 3.91. The van der Waals surface area contributed by atoms with E-state index in [1.54, 1.807) is 29.2 Å². The standard InChI is InChI=1S/C26H26N2O6S/c1-2-33-20-13-15-21(16-14-20)35(31,32)27-23-11-5-4-10-22(23)26(30)34-18-25(29)28-17-7-9-19-8-3-6-12-24(19)28/h3-6,8,10-16,27H,2,7,9,17-18H2,1H3. The van der Waals surface area contributed by atoms with Crippen molar-refractivity contribution in [3.63, 3.8) is 0 Å². The molecule has 0 bridgehead atoms. The zero-order chi connectivity index (χ0) is 24.8. The van der Waals surface area contributed by atoms with Crippen LogP contribution in [-0.4, -0.2) is 40.1 Å². The SMILES string of the molecule is CCOc1ccc(S(=O)(=O)Nc2ccccc2C(=O)OCC(=O)N2CCCc3ccccc32)cc1. The molecule has 1 N–H and O–H groups in total. The lowest BCUT2D eigenvalue weighted by Crippen LogP contribution is -2.38. The van der Waals surface area contributed by atoms with E-state index in [2.05, 4.69) is 4.72 Å². The van der Waals surface area contributed by atoms with Gasteiger partial charge in [-0.3, -0.25) is 9.52 Å². The summed E-state index contributed by atoms with van der Waals surface area (Å²) >= 11 is 0. The molecular weight excluding hydrogens is 468 g/mol. The van der Waals surface area contributed by atoms with Gasteiger partial charge in [0, 0.05) is 12.2 Å². The van der Waals surface area contributed by atoms with Crippen molar-refractivity contribution in [1.82, 2.24) is 0 Å². The lowest BCUT2D eigenvalue weighted by atomic mass is 10.0. The Labute approximate surface area is 204 Å². The molecule has 0 fully saturated rings. The Bertz CT molecular complexity index is 1320. The van der Waals surface area contributed by atoms with E-state index in [4.69, 9.17) is 9.47 Å². The number of aryl methyl sites for hydroxylation is 1. The van der Waals surface area contributed by atoms with Gasteiger partial charge in [0.1, 0.15) is 5.75 Å². The van der Waals surface area contributed by atoms with Crippen LogP contribution in [0.25, 0.3) is 0 Å². The van der Waals surface area contributed by atoms with Gasteiger partial charge in [-0.25, -0.2) is 13.2 Å². The second-order valence-corrected chi connectivity index (χ2v) is 9.59. The number of benzene rings is 3. The van der Waals surface area contributed by atoms with Crippen molar-refractivity contribution in [2.45, 2.75) is 24.7 Å². The van der Waals surface area contributed by atoms with Gasteiger partial charge in [0.25, 0.3) is 15.9 Å². The van der Waals surface area contributed by atoms with E-state index >= 15 is 0 Å². The fourth-order valence-corrected chi connectivity index (χ4v) is 4.99. The highest BCUT2D eigenvalue weighted by Gasteiger charge is 2.24. The third-order valence-corrected chi connectivity index (χ3v) is 6.96. The van der Waals surface area contributed by atoms with Gasteiger partial charge >= 0.3 is 5.97 Å². The number of sulfonamides is 1. The molecule has 0 spiro atoms. The number of carbonyl (C=O) groups is 2. The minimum Gasteiger partial charge on any atom is -0.494 e. The summed E-state index contributed by atoms with van der Waals surface area (Å²) in [6.45, 7) is 2.40. The molecular formula is C26H26N2O6S. The maximum atomic E-state index is 12.9. The van der Waals surface area contributed by atoms with Crippen LogP contribution in [0.5, 0.6) is 5.75 Å². The summed E-state index contributed by atoms with van der Waals surface area (Å²) in [6.07, 6.45) is 1.72. The normalized spacial score (nSPS) is 13.0. The topological polar surface area (TPSA) is 102 Å². The molecule has 4 rings (SSSR count). The van der Waals surface area contributed by atoms with Crippen molar-refractivity contribution in [1.29, 1.82) is 0 Å². The van der Waals surface area contributed by atoms with Crippen LogP contribution in [0.4, 0.5) is 11.4 Å². The second kappa shape index (κ2) is 10.6. The molecule has 3 aromatic carbocycles. The molecule has 1 aliphatic heterocycles. The number of rotatable bonds is 8. The van der Waals surface area contributed by atoms with Crippen molar-refractivity contribution < 1.29 is 27.5 Å². The lowest BCUT2D eigenvalue weighted by molar-refractivity contribution is -0.121. The predicted octanol–water partition coefficient (Wildman–Crippen LogP) is 4.02. The van der Waals surface area contributed by atoms with Gasteiger partial charge in [-0.05, 0) is 67.8 Å². The molecule has 0 saturated heterocycles. The van der Waals surface area contributed by atoms with Crippen molar-refractivity contribution in [3.05, 3.63) is 83.9 Å². The van der Waals surface area contributed by atoms with E-state index in [9.17, 15) is 18.0 Å². The maximum Gasteiger partial charge on any atom is 0.340 e. The Morgan fingerprint density at radius 1 is 0.971 bits per heavy atom. The molecule has 0 aliphatic carbocycles. The summed E-state index contributed by atoms with van der Waals surface area (Å²) in [4.78, 5) is 27.2. The maximum absolute atomic E-state index is 12.9. The molecule has 9 heteroatoms. The number of fused-ring (bicyclic) bond motifs is 1. The third-order valence-electron chi connectivity index (χ3n) is 5.57. The molecule has 0 aromatic heterocycles. The number of amides is 1. The molecule has 0 radical (unpaired) electrons. The molecule has 8 nitrogen and oxygen atoms in total. The third kappa shape index (κ3) is 5.63. The van der Waals surface area contributed by atoms with Gasteiger partial charge in [-0.1, -0.05) is 30.3 Å². The van der Waals surface area contributed by atoms with Gasteiger partial charge in [0.15, 0.2) is 6.61 Å². The highest BCUT2D eigenvalue weighted by atomic mass is 32.2. The zero-order valence-electron chi connectivity index (χ0n) is 19.3. The Morgan fingerprint density at radius 3 is 2.46 bits per heavy atom. The Hall–Kier alpha value is -3.85. The van der Waals surface area contributed by atoms with Gasteiger partial charge in [-0.2, -0.15) is 0 Å². The number of anilines is 2. The summed E-state index contributed by atoms with van der Waals surface area (Å²) in [6, 6.07) is 19.7. The Balaban J connectivity index is 1.45. The molecule has 1 aliphatic rings. The lowest BCUT2D eigenvalue weighted by Gasteiger charge is -2.29. The summed E-state index contributed by atoms with van der Waals surface area (Å²) in [5, 5.41) is 0. The molecule has 3 aromatic rings. The summed E-state index contributed by atoms with van der Waals surface area (Å²) < 4.78 is 38.8. The van der Waals surface area contributed by atoms with Gasteiger partial charge < -0.3 is 14.4 Å². The molecule has 182 valence electrons. The molecule has 35 heavy (non-hydrogen) atoms. The first kappa shape index (κ1) is 24.3. The van der Waals surface area contributed by atoms with Crippen molar-refractivity contribution in [2.75, 3.05) is 29.4 Å². The summed E-state index contributed by atoms with van der Waals surface area (Å²) in [5.41, 5.74) is 1.96. The van der Waals surface area contributed by atoms with Gasteiger partial charge in [0.2, 0.25) is 0 Å². The number of carbonyl (C=O) groups excluding carboxylic acids is 2. The second-order valence-electron chi connectivity index (χ2n) is 7.91. The number of para-hydroxylation sites is 2. The minimum atomic E-state index is -3.97. The summed E-state index contributed by atoms with van der Waals surface area (Å²) in [5.74, 6) is -0.581. The fraction of sp³-hybridized carbons (Fsp3) is 0.231. The Kier molecular flexibility index (Phi) is 7.36. The first-order valence-corrected chi connectivity index (χ1v) is 12.8. The van der Waals surface area contributed by atoms with Crippen LogP contribution in [0.3, 0.4) is 0 Å². The van der Waals surface area contributed by atoms with E-state index in [1.165, 1.54) is 24.3 Å². The highest BCUT2D eigenvalue weighted by Crippen LogP contribution is 2.27. The largest absolute Gasteiger partial charge is 0.494 e. The monoisotopic (exact) mass is 494 g/mol. The van der Waals surface area contributed by atoms with E-state index in [0.717, 1.165) is 24.1 Å². The van der Waals surface area contributed by atoms with Crippen LogP contribution in [0, 0.1) is 0 Å². The van der Waals surface area contributed by atoms with E-state index < -0.39 is 22.6 Å². The molecule has 0 atom stereocenters. The zero-order valence-corrected chi connectivity index (χ0v) is 20.1. The van der Waals surface area contributed by atoms with Crippen LogP contribution in [-0.2, 0) is 26.0 Å². The number of ether oxygens (including phenoxy) is 2. The van der Waals surface area contributed by atoms with Crippen molar-refractivity contribution in [3.8, 4) is 5.75 Å². The van der Waals surface area contributed by atoms with Crippen LogP contribution < -0.4 is 14.4 Å². The minimum absolute atomic E-state index is 0.00820. The first-order valence-electron chi connectivity index (χ1n) is 11.3. The van der Waals surface area contributed by atoms with Gasteiger partial charge in [-0.15, -0.1) is 0 Å². The summed E-state index contributed by atoms with van der Waals surface area (Å²) in [7, 11) is -3.97. The van der Waals surface area contributed by atoms with Gasteiger partial charge in [0.05, 0.1) is 22.8 Å². The molecule has 1 amide bonds. The van der Waals surface area contributed by atoms with Crippen molar-refractivity contribution >= 4 is 33.3 Å². The van der Waals surface area contributed by atoms with Crippen molar-refractivity contribution in [2.24, 2.45) is 0 Å². The smallest absolute Gasteiger partial charge is 0.340 e. The van der Waals surface area contributed by atoms with E-state index in [1.807, 2.05) is 31.2 Å². The average molecular weight is 495 g/mol. The van der Waals surface area contributed by atoms with Crippen LogP contribution in [0.15, 0.2) is 77.7 Å². The van der Waals surface area contributed by atoms with Crippen LogP contribution >= 0.6 is 0 Å². The quantitative estimate of drug-likeness (QED) is 0.475. The van der Waals surface area contributed by atoms with E-state index in [-0.39, 0.29) is 22.1 Å². The number of hydrogen-bond acceptors (Lipinski definition) is 6. The number of nitrogens with zero attached hydrogens (tertiary/aromatic N) is 1. The number of nitrogens with one attached hydrogen (secondary N) is 1. The van der Waals surface area contributed by atoms with Crippen LogP contribution in [0.1, 0.15) is 29.3 Å². The Morgan fingerprint density at radius 2 is 1.69 bits per heavy atom. The number of esters is 1. The first-order chi connectivity index (χ1) is 16.9. The predicted molar refractivity (Wildman–Crippen MR) is 132 cm³/mol. The molecule has 1 heterocycles. The average Bonchev–Trinajstić information content (AvgIpc) is 2.87. The van der Waals surface area contributed by atoms with E-state index in [0.29, 0.717) is 18.9 Å². The molecule has 0 saturated carbocycles. The number of hydrogen-bond donors (Lipinski definition) is 1. The van der Waals surface area contributed by atoms with Crippen LogP contribution in [0.2, 0.25) is 0 Å². The molecule has 0 unspecified atom stereocenters.